The third-order valence-corrected chi connectivity index (χ3v) is 4.90. The van der Waals surface area contributed by atoms with E-state index in [2.05, 4.69) is 60.5 Å². The van der Waals surface area contributed by atoms with Crippen LogP contribution in [0.1, 0.15) is 29.5 Å². The van der Waals surface area contributed by atoms with Crippen LogP contribution in [0.5, 0.6) is 0 Å². The second kappa shape index (κ2) is 7.63. The van der Waals surface area contributed by atoms with Crippen LogP contribution in [0, 0.1) is 19.8 Å². The lowest BCUT2D eigenvalue weighted by molar-refractivity contribution is -0.121. The Labute approximate surface area is 144 Å². The molecule has 0 unspecified atom stereocenters. The van der Waals surface area contributed by atoms with Crippen LogP contribution in [-0.4, -0.2) is 23.9 Å². The summed E-state index contributed by atoms with van der Waals surface area (Å²) in [5, 5.41) is 3.10. The molecular formula is C21H26N2O. The number of anilines is 1. The van der Waals surface area contributed by atoms with Crippen molar-refractivity contribution in [3.63, 3.8) is 0 Å². The Bertz CT molecular complexity index is 696. The van der Waals surface area contributed by atoms with Gasteiger partial charge < -0.3 is 5.32 Å². The molecule has 1 heterocycles. The van der Waals surface area contributed by atoms with Crippen LogP contribution < -0.4 is 5.32 Å². The number of benzene rings is 2. The number of likely N-dealkylation sites (tertiary alicyclic amines) is 1. The maximum atomic E-state index is 12.6. The van der Waals surface area contributed by atoms with E-state index in [1.165, 1.54) is 16.7 Å². The van der Waals surface area contributed by atoms with E-state index in [0.717, 1.165) is 38.2 Å². The van der Waals surface area contributed by atoms with Gasteiger partial charge in [-0.15, -0.1) is 0 Å². The number of hydrogen-bond acceptors (Lipinski definition) is 2. The summed E-state index contributed by atoms with van der Waals surface area (Å²) in [5.41, 5.74) is 4.68. The summed E-state index contributed by atoms with van der Waals surface area (Å²) in [6.07, 6.45) is 2.06. The average molecular weight is 322 g/mol. The van der Waals surface area contributed by atoms with Gasteiger partial charge in [0.05, 0.1) is 5.92 Å². The number of nitrogens with zero attached hydrogens (tertiary/aromatic N) is 1. The van der Waals surface area contributed by atoms with Crippen molar-refractivity contribution < 1.29 is 4.79 Å². The zero-order chi connectivity index (χ0) is 16.9. The molecule has 1 aliphatic heterocycles. The molecule has 24 heavy (non-hydrogen) atoms. The highest BCUT2D eigenvalue weighted by Crippen LogP contribution is 2.21. The number of rotatable bonds is 4. The van der Waals surface area contributed by atoms with Gasteiger partial charge in [0.15, 0.2) is 0 Å². The lowest BCUT2D eigenvalue weighted by atomic mass is 9.96. The predicted octanol–water partition coefficient (Wildman–Crippen LogP) is 4.15. The SMILES string of the molecule is Cc1ccc(NC(=O)[C@H]2CCCN(Cc3ccccc3)C2)cc1C. The van der Waals surface area contributed by atoms with E-state index in [1.807, 2.05) is 12.1 Å². The number of nitrogens with one attached hydrogen (secondary N) is 1. The first-order chi connectivity index (χ1) is 11.6. The molecule has 0 aliphatic carbocycles. The fourth-order valence-electron chi connectivity index (χ4n) is 3.32. The Morgan fingerprint density at radius 2 is 1.92 bits per heavy atom. The van der Waals surface area contributed by atoms with E-state index in [0.29, 0.717) is 0 Å². The summed E-state index contributed by atoms with van der Waals surface area (Å²) in [6, 6.07) is 16.6. The van der Waals surface area contributed by atoms with Crippen molar-refractivity contribution in [2.75, 3.05) is 18.4 Å². The number of carbonyl (C=O) groups excluding carboxylic acids is 1. The molecule has 0 radical (unpaired) electrons. The largest absolute Gasteiger partial charge is 0.326 e. The maximum absolute atomic E-state index is 12.6. The third-order valence-electron chi connectivity index (χ3n) is 4.90. The van der Waals surface area contributed by atoms with Crippen LogP contribution in [0.4, 0.5) is 5.69 Å². The minimum Gasteiger partial charge on any atom is -0.326 e. The fourth-order valence-corrected chi connectivity index (χ4v) is 3.32. The highest BCUT2D eigenvalue weighted by atomic mass is 16.1. The quantitative estimate of drug-likeness (QED) is 0.917. The van der Waals surface area contributed by atoms with Gasteiger partial charge in [-0.2, -0.15) is 0 Å². The second-order valence-electron chi connectivity index (χ2n) is 6.85. The van der Waals surface area contributed by atoms with Gasteiger partial charge in [0.1, 0.15) is 0 Å². The molecule has 126 valence electrons. The Hall–Kier alpha value is -2.13. The number of aryl methyl sites for hydroxylation is 2. The van der Waals surface area contributed by atoms with Crippen LogP contribution in [0.25, 0.3) is 0 Å². The number of amides is 1. The fraction of sp³-hybridized carbons (Fsp3) is 0.381. The molecule has 2 aromatic rings. The van der Waals surface area contributed by atoms with Gasteiger partial charge >= 0.3 is 0 Å². The van der Waals surface area contributed by atoms with Crippen LogP contribution in [0.15, 0.2) is 48.5 Å². The Balaban J connectivity index is 1.59. The highest BCUT2D eigenvalue weighted by molar-refractivity contribution is 5.92. The van der Waals surface area contributed by atoms with Crippen LogP contribution in [-0.2, 0) is 11.3 Å². The predicted molar refractivity (Wildman–Crippen MR) is 99.0 cm³/mol. The Kier molecular flexibility index (Phi) is 5.31. The number of carbonyl (C=O) groups is 1. The molecule has 3 heteroatoms. The Morgan fingerprint density at radius 3 is 2.67 bits per heavy atom. The average Bonchev–Trinajstić information content (AvgIpc) is 2.59. The minimum atomic E-state index is 0.0732. The summed E-state index contributed by atoms with van der Waals surface area (Å²) in [5.74, 6) is 0.222. The number of piperidine rings is 1. The smallest absolute Gasteiger partial charge is 0.228 e. The Morgan fingerprint density at radius 1 is 1.12 bits per heavy atom. The first-order valence-corrected chi connectivity index (χ1v) is 8.76. The van der Waals surface area contributed by atoms with E-state index in [1.54, 1.807) is 0 Å². The van der Waals surface area contributed by atoms with E-state index < -0.39 is 0 Å². The molecule has 1 saturated heterocycles. The lowest BCUT2D eigenvalue weighted by Crippen LogP contribution is -2.40. The number of hydrogen-bond donors (Lipinski definition) is 1. The molecule has 1 aliphatic rings. The maximum Gasteiger partial charge on any atom is 0.228 e. The summed E-state index contributed by atoms with van der Waals surface area (Å²) < 4.78 is 0. The van der Waals surface area contributed by atoms with Crippen LogP contribution in [0.3, 0.4) is 0 Å². The first kappa shape index (κ1) is 16.7. The van der Waals surface area contributed by atoms with Crippen LogP contribution in [0.2, 0.25) is 0 Å². The molecule has 3 rings (SSSR count). The van der Waals surface area contributed by atoms with E-state index in [9.17, 15) is 4.79 Å². The van der Waals surface area contributed by atoms with Gasteiger partial charge in [0.25, 0.3) is 0 Å². The zero-order valence-electron chi connectivity index (χ0n) is 14.6. The minimum absolute atomic E-state index is 0.0732. The molecule has 3 nitrogen and oxygen atoms in total. The van der Waals surface area contributed by atoms with E-state index >= 15 is 0 Å². The van der Waals surface area contributed by atoms with Crippen LogP contribution >= 0.6 is 0 Å². The van der Waals surface area contributed by atoms with Crippen molar-refractivity contribution in [1.29, 1.82) is 0 Å². The molecule has 0 saturated carbocycles. The van der Waals surface area contributed by atoms with Crippen molar-refractivity contribution in [2.45, 2.75) is 33.2 Å². The topological polar surface area (TPSA) is 32.3 Å². The van der Waals surface area contributed by atoms with Crippen molar-refractivity contribution in [1.82, 2.24) is 4.90 Å². The van der Waals surface area contributed by atoms with Crippen molar-refractivity contribution >= 4 is 11.6 Å². The van der Waals surface area contributed by atoms with Gasteiger partial charge in [-0.05, 0) is 62.1 Å². The molecule has 1 atom stereocenters. The van der Waals surface area contributed by atoms with Crippen molar-refractivity contribution in [3.8, 4) is 0 Å². The third kappa shape index (κ3) is 4.24. The monoisotopic (exact) mass is 322 g/mol. The molecular weight excluding hydrogens is 296 g/mol. The van der Waals surface area contributed by atoms with E-state index in [-0.39, 0.29) is 11.8 Å². The van der Waals surface area contributed by atoms with Crippen molar-refractivity contribution in [3.05, 3.63) is 65.2 Å². The summed E-state index contributed by atoms with van der Waals surface area (Å²) >= 11 is 0. The standard InChI is InChI=1S/C21H26N2O/c1-16-10-11-20(13-17(16)2)22-21(24)19-9-6-12-23(15-19)14-18-7-4-3-5-8-18/h3-5,7-8,10-11,13,19H,6,9,12,14-15H2,1-2H3,(H,22,24)/t19-/m0/s1. The summed E-state index contributed by atoms with van der Waals surface area (Å²) in [6.45, 7) is 7.00. The molecule has 1 N–H and O–H groups in total. The molecule has 1 amide bonds. The summed E-state index contributed by atoms with van der Waals surface area (Å²) in [4.78, 5) is 15.0. The first-order valence-electron chi connectivity index (χ1n) is 8.76. The molecule has 0 spiro atoms. The van der Waals surface area contributed by atoms with Gasteiger partial charge in [-0.3, -0.25) is 9.69 Å². The van der Waals surface area contributed by atoms with Crippen molar-refractivity contribution in [2.24, 2.45) is 5.92 Å². The van der Waals surface area contributed by atoms with E-state index in [4.69, 9.17) is 0 Å². The highest BCUT2D eigenvalue weighted by Gasteiger charge is 2.25. The summed E-state index contributed by atoms with van der Waals surface area (Å²) in [7, 11) is 0. The normalized spacial score (nSPS) is 18.3. The molecule has 0 bridgehead atoms. The molecule has 2 aromatic carbocycles. The van der Waals surface area contributed by atoms with Gasteiger partial charge in [-0.1, -0.05) is 36.4 Å². The second-order valence-corrected chi connectivity index (χ2v) is 6.85. The molecule has 1 fully saturated rings. The van der Waals surface area contributed by atoms with Gasteiger partial charge in [0.2, 0.25) is 5.91 Å². The lowest BCUT2D eigenvalue weighted by Gasteiger charge is -2.32. The van der Waals surface area contributed by atoms with Gasteiger partial charge in [-0.25, -0.2) is 0 Å². The molecule has 0 aromatic heterocycles. The zero-order valence-corrected chi connectivity index (χ0v) is 14.6. The van der Waals surface area contributed by atoms with Gasteiger partial charge in [0, 0.05) is 18.8 Å².